The molecule has 0 heterocycles. The molecule has 0 unspecified atom stereocenters. The van der Waals surface area contributed by atoms with E-state index in [-0.39, 0.29) is 6.61 Å². The van der Waals surface area contributed by atoms with Crippen LogP contribution in [0.2, 0.25) is 0 Å². The number of fused-ring (bicyclic) bond motifs is 1. The molecule has 2 aromatic carbocycles. The zero-order valence-electron chi connectivity index (χ0n) is 10.8. The minimum atomic E-state index is 0.217. The standard InChI is InChI=1S/C16H15NO2/c1-2-18-11-13(10-17)12-19-16-8-7-14-5-3-4-6-15(14)9-16/h3-9,11H,2,12H2,1H3/b13-11+. The zero-order valence-corrected chi connectivity index (χ0v) is 10.8. The molecule has 0 aromatic heterocycles. The van der Waals surface area contributed by atoms with Crippen molar-refractivity contribution in [3.63, 3.8) is 0 Å². The Bertz CT molecular complexity index is 626. The van der Waals surface area contributed by atoms with E-state index in [4.69, 9.17) is 14.7 Å². The van der Waals surface area contributed by atoms with Gasteiger partial charge in [-0.3, -0.25) is 0 Å². The van der Waals surface area contributed by atoms with E-state index in [1.807, 2.05) is 43.3 Å². The van der Waals surface area contributed by atoms with Gasteiger partial charge in [0, 0.05) is 0 Å². The Kier molecular flexibility index (Phi) is 4.41. The Balaban J connectivity index is 2.07. The summed E-state index contributed by atoms with van der Waals surface area (Å²) in [4.78, 5) is 0. The highest BCUT2D eigenvalue weighted by molar-refractivity contribution is 5.83. The summed E-state index contributed by atoms with van der Waals surface area (Å²) in [5, 5.41) is 11.2. The van der Waals surface area contributed by atoms with E-state index in [2.05, 4.69) is 12.1 Å². The monoisotopic (exact) mass is 253 g/mol. The van der Waals surface area contributed by atoms with Crippen molar-refractivity contribution in [2.45, 2.75) is 6.92 Å². The molecule has 0 amide bonds. The van der Waals surface area contributed by atoms with E-state index < -0.39 is 0 Å². The lowest BCUT2D eigenvalue weighted by Crippen LogP contribution is -2.00. The number of hydrogen-bond acceptors (Lipinski definition) is 3. The first-order valence-electron chi connectivity index (χ1n) is 6.16. The number of nitriles is 1. The van der Waals surface area contributed by atoms with Crippen molar-refractivity contribution >= 4 is 10.8 Å². The van der Waals surface area contributed by atoms with Crippen LogP contribution in [0.1, 0.15) is 6.92 Å². The lowest BCUT2D eigenvalue weighted by Gasteiger charge is -2.06. The van der Waals surface area contributed by atoms with E-state index in [0.717, 1.165) is 11.1 Å². The predicted octanol–water partition coefficient (Wildman–Crippen LogP) is 3.66. The summed E-state index contributed by atoms with van der Waals surface area (Å²) in [6, 6.07) is 16.0. The summed E-state index contributed by atoms with van der Waals surface area (Å²) in [6.07, 6.45) is 1.45. The molecule has 0 saturated heterocycles. The molecule has 0 aliphatic rings. The summed E-state index contributed by atoms with van der Waals surface area (Å²) in [5.41, 5.74) is 0.468. The van der Waals surface area contributed by atoms with Crippen molar-refractivity contribution in [3.8, 4) is 11.8 Å². The Morgan fingerprint density at radius 1 is 1.21 bits per heavy atom. The second-order valence-electron chi connectivity index (χ2n) is 4.01. The fourth-order valence-electron chi connectivity index (χ4n) is 1.69. The summed E-state index contributed by atoms with van der Waals surface area (Å²) in [6.45, 7) is 2.63. The van der Waals surface area contributed by atoms with Crippen molar-refractivity contribution < 1.29 is 9.47 Å². The molecular formula is C16H15NO2. The third-order valence-corrected chi connectivity index (χ3v) is 2.65. The smallest absolute Gasteiger partial charge is 0.126 e. The van der Waals surface area contributed by atoms with E-state index in [0.29, 0.717) is 12.2 Å². The van der Waals surface area contributed by atoms with Crippen molar-refractivity contribution in [1.82, 2.24) is 0 Å². The van der Waals surface area contributed by atoms with Crippen LogP contribution in [0.15, 0.2) is 54.3 Å². The van der Waals surface area contributed by atoms with Crippen molar-refractivity contribution in [2.24, 2.45) is 0 Å². The Hall–Kier alpha value is -2.47. The Morgan fingerprint density at radius 2 is 2.00 bits per heavy atom. The second kappa shape index (κ2) is 6.46. The lowest BCUT2D eigenvalue weighted by molar-refractivity contribution is 0.260. The third kappa shape index (κ3) is 3.49. The molecule has 2 aromatic rings. The Morgan fingerprint density at radius 3 is 2.74 bits per heavy atom. The first-order chi connectivity index (χ1) is 9.33. The highest BCUT2D eigenvalue weighted by atomic mass is 16.5. The Labute approximate surface area is 112 Å². The maximum Gasteiger partial charge on any atom is 0.126 e. The van der Waals surface area contributed by atoms with Gasteiger partial charge < -0.3 is 9.47 Å². The van der Waals surface area contributed by atoms with Crippen molar-refractivity contribution in [2.75, 3.05) is 13.2 Å². The molecule has 0 saturated carbocycles. The molecule has 19 heavy (non-hydrogen) atoms. The first kappa shape index (κ1) is 13.0. The largest absolute Gasteiger partial charge is 0.500 e. The molecule has 0 aliphatic heterocycles. The van der Waals surface area contributed by atoms with Crippen LogP contribution < -0.4 is 4.74 Å². The summed E-state index contributed by atoms with van der Waals surface area (Å²) in [5.74, 6) is 0.747. The van der Waals surface area contributed by atoms with Crippen LogP contribution in [0.3, 0.4) is 0 Å². The van der Waals surface area contributed by atoms with Gasteiger partial charge in [-0.2, -0.15) is 5.26 Å². The molecule has 0 radical (unpaired) electrons. The van der Waals surface area contributed by atoms with Crippen LogP contribution in [0, 0.1) is 11.3 Å². The van der Waals surface area contributed by atoms with E-state index >= 15 is 0 Å². The van der Waals surface area contributed by atoms with Gasteiger partial charge in [0.05, 0.1) is 6.61 Å². The predicted molar refractivity (Wildman–Crippen MR) is 74.8 cm³/mol. The lowest BCUT2D eigenvalue weighted by atomic mass is 10.1. The molecule has 3 heteroatoms. The summed E-state index contributed by atoms with van der Waals surface area (Å²) < 4.78 is 10.7. The van der Waals surface area contributed by atoms with Gasteiger partial charge in [0.15, 0.2) is 0 Å². The van der Waals surface area contributed by atoms with Crippen LogP contribution in [0.4, 0.5) is 0 Å². The fraction of sp³-hybridized carbons (Fsp3) is 0.188. The van der Waals surface area contributed by atoms with Gasteiger partial charge in [0.1, 0.15) is 30.3 Å². The van der Waals surface area contributed by atoms with Gasteiger partial charge in [0.2, 0.25) is 0 Å². The molecular weight excluding hydrogens is 238 g/mol. The number of benzene rings is 2. The molecule has 0 bridgehead atoms. The molecule has 0 atom stereocenters. The molecule has 2 rings (SSSR count). The topological polar surface area (TPSA) is 42.2 Å². The van der Waals surface area contributed by atoms with Crippen LogP contribution in [0.25, 0.3) is 10.8 Å². The van der Waals surface area contributed by atoms with Gasteiger partial charge in [-0.15, -0.1) is 0 Å². The van der Waals surface area contributed by atoms with E-state index in [1.54, 1.807) is 0 Å². The average molecular weight is 253 g/mol. The molecule has 0 fully saturated rings. The zero-order chi connectivity index (χ0) is 13.5. The maximum atomic E-state index is 8.92. The van der Waals surface area contributed by atoms with Crippen molar-refractivity contribution in [3.05, 3.63) is 54.3 Å². The molecule has 0 spiro atoms. The number of hydrogen-bond donors (Lipinski definition) is 0. The van der Waals surface area contributed by atoms with Gasteiger partial charge in [0.25, 0.3) is 0 Å². The van der Waals surface area contributed by atoms with Crippen LogP contribution in [-0.2, 0) is 4.74 Å². The van der Waals surface area contributed by atoms with Gasteiger partial charge in [-0.05, 0) is 29.8 Å². The molecule has 96 valence electrons. The van der Waals surface area contributed by atoms with Crippen LogP contribution in [0.5, 0.6) is 5.75 Å². The van der Waals surface area contributed by atoms with Crippen molar-refractivity contribution in [1.29, 1.82) is 5.26 Å². The summed E-state index contributed by atoms with van der Waals surface area (Å²) in [7, 11) is 0. The average Bonchev–Trinajstić information content (AvgIpc) is 2.47. The van der Waals surface area contributed by atoms with Crippen LogP contribution >= 0.6 is 0 Å². The third-order valence-electron chi connectivity index (χ3n) is 2.65. The highest BCUT2D eigenvalue weighted by Gasteiger charge is 2.00. The SMILES string of the molecule is CCO/C=C(\C#N)COc1ccc2ccccc2c1. The number of ether oxygens (including phenoxy) is 2. The fourth-order valence-corrected chi connectivity index (χ4v) is 1.69. The van der Waals surface area contributed by atoms with Crippen LogP contribution in [-0.4, -0.2) is 13.2 Å². The summed E-state index contributed by atoms with van der Waals surface area (Å²) >= 11 is 0. The second-order valence-corrected chi connectivity index (χ2v) is 4.01. The quantitative estimate of drug-likeness (QED) is 0.603. The molecule has 0 aliphatic carbocycles. The number of nitrogens with zero attached hydrogens (tertiary/aromatic N) is 1. The minimum absolute atomic E-state index is 0.217. The molecule has 0 N–H and O–H groups in total. The molecule has 3 nitrogen and oxygen atoms in total. The maximum absolute atomic E-state index is 8.92. The van der Waals surface area contributed by atoms with Gasteiger partial charge in [-0.25, -0.2) is 0 Å². The first-order valence-corrected chi connectivity index (χ1v) is 6.16. The number of rotatable bonds is 5. The highest BCUT2D eigenvalue weighted by Crippen LogP contribution is 2.20. The van der Waals surface area contributed by atoms with Gasteiger partial charge >= 0.3 is 0 Å². The van der Waals surface area contributed by atoms with E-state index in [1.165, 1.54) is 11.6 Å². The normalized spacial score (nSPS) is 11.1. The van der Waals surface area contributed by atoms with Gasteiger partial charge in [-0.1, -0.05) is 30.3 Å². The minimum Gasteiger partial charge on any atom is -0.500 e. The van der Waals surface area contributed by atoms with E-state index in [9.17, 15) is 0 Å².